The lowest BCUT2D eigenvalue weighted by Crippen LogP contribution is -2.44. The zero-order valence-corrected chi connectivity index (χ0v) is 18.7. The second-order valence-electron chi connectivity index (χ2n) is 8.64. The summed E-state index contributed by atoms with van der Waals surface area (Å²) in [6, 6.07) is 8.69. The maximum absolute atomic E-state index is 5.18. The van der Waals surface area contributed by atoms with Gasteiger partial charge in [0, 0.05) is 43.5 Å². The van der Waals surface area contributed by atoms with Crippen LogP contribution >= 0.6 is 11.3 Å². The fourth-order valence-electron chi connectivity index (χ4n) is 4.66. The van der Waals surface area contributed by atoms with E-state index in [1.807, 2.05) is 6.20 Å². The van der Waals surface area contributed by atoms with E-state index in [9.17, 15) is 0 Å². The van der Waals surface area contributed by atoms with E-state index in [4.69, 9.17) is 9.97 Å². The molecule has 5 nitrogen and oxygen atoms in total. The third-order valence-electron chi connectivity index (χ3n) is 6.43. The van der Waals surface area contributed by atoms with Crippen LogP contribution in [0.5, 0.6) is 0 Å². The Balaban J connectivity index is 1.62. The number of nitrogens with zero attached hydrogens (tertiary/aromatic N) is 5. The van der Waals surface area contributed by atoms with Crippen LogP contribution in [0.2, 0.25) is 0 Å². The van der Waals surface area contributed by atoms with Crippen molar-refractivity contribution in [1.29, 1.82) is 0 Å². The first-order chi connectivity index (χ1) is 14.7. The van der Waals surface area contributed by atoms with Gasteiger partial charge in [-0.2, -0.15) is 0 Å². The normalized spacial score (nSPS) is 18.3. The molecule has 1 saturated heterocycles. The highest BCUT2D eigenvalue weighted by Crippen LogP contribution is 2.44. The van der Waals surface area contributed by atoms with Crippen LogP contribution in [-0.2, 0) is 0 Å². The Morgan fingerprint density at radius 3 is 2.60 bits per heavy atom. The summed E-state index contributed by atoms with van der Waals surface area (Å²) < 4.78 is 0. The van der Waals surface area contributed by atoms with Gasteiger partial charge in [-0.05, 0) is 38.8 Å². The molecule has 3 heterocycles. The maximum atomic E-state index is 5.18. The van der Waals surface area contributed by atoms with Crippen molar-refractivity contribution in [2.45, 2.75) is 38.5 Å². The molecule has 30 heavy (non-hydrogen) atoms. The molecule has 1 saturated carbocycles. The first-order valence-corrected chi connectivity index (χ1v) is 11.8. The van der Waals surface area contributed by atoms with Crippen molar-refractivity contribution in [2.24, 2.45) is 0 Å². The topological polar surface area (TPSA) is 45.2 Å². The number of rotatable bonds is 4. The van der Waals surface area contributed by atoms with Crippen LogP contribution in [0.3, 0.4) is 0 Å². The van der Waals surface area contributed by atoms with E-state index in [0.29, 0.717) is 5.92 Å². The summed E-state index contributed by atoms with van der Waals surface area (Å²) in [7, 11) is 2.19. The minimum Gasteiger partial charge on any atom is -0.345 e. The van der Waals surface area contributed by atoms with Crippen LogP contribution in [0, 0.1) is 6.92 Å². The van der Waals surface area contributed by atoms with Gasteiger partial charge in [-0.1, -0.05) is 47.9 Å². The Hall–Kier alpha value is -2.31. The minimum absolute atomic E-state index is 0.570. The van der Waals surface area contributed by atoms with Crippen molar-refractivity contribution in [3.05, 3.63) is 47.9 Å². The molecule has 1 aromatic carbocycles. The molecule has 2 aromatic heterocycles. The quantitative estimate of drug-likeness (QED) is 0.596. The molecule has 156 valence electrons. The molecule has 2 fully saturated rings. The van der Waals surface area contributed by atoms with Crippen molar-refractivity contribution >= 4 is 16.5 Å². The molecule has 5 rings (SSSR count). The number of likely N-dealkylation sites (N-methyl/N-ethyl adjacent to an activating group) is 1. The average Bonchev–Trinajstić information content (AvgIpc) is 3.45. The first kappa shape index (κ1) is 19.6. The predicted octanol–water partition coefficient (Wildman–Crippen LogP) is 4.98. The van der Waals surface area contributed by atoms with Gasteiger partial charge in [0.2, 0.25) is 0 Å². The Labute approximate surface area is 182 Å². The average molecular weight is 420 g/mol. The van der Waals surface area contributed by atoms with E-state index in [1.54, 1.807) is 17.7 Å². The lowest BCUT2D eigenvalue weighted by Gasteiger charge is -2.32. The van der Waals surface area contributed by atoms with E-state index < -0.39 is 0 Å². The Bertz CT molecular complexity index is 1020. The van der Waals surface area contributed by atoms with Crippen LogP contribution < -0.4 is 4.90 Å². The summed E-state index contributed by atoms with van der Waals surface area (Å²) in [5.74, 6) is 0.570. The first-order valence-electron chi connectivity index (χ1n) is 11.0. The van der Waals surface area contributed by atoms with Gasteiger partial charge in [0.05, 0.1) is 16.3 Å². The molecule has 1 aliphatic carbocycles. The third kappa shape index (κ3) is 3.86. The van der Waals surface area contributed by atoms with Gasteiger partial charge in [-0.25, -0.2) is 15.0 Å². The largest absolute Gasteiger partial charge is 0.345 e. The predicted molar refractivity (Wildman–Crippen MR) is 124 cm³/mol. The number of hydrogen-bond acceptors (Lipinski definition) is 6. The monoisotopic (exact) mass is 419 g/mol. The van der Waals surface area contributed by atoms with Crippen LogP contribution in [0.1, 0.15) is 42.7 Å². The second kappa shape index (κ2) is 8.44. The summed E-state index contributed by atoms with van der Waals surface area (Å²) in [5, 5.41) is 1.12. The molecule has 3 aromatic rings. The van der Waals surface area contributed by atoms with E-state index in [1.165, 1.54) is 47.3 Å². The van der Waals surface area contributed by atoms with Gasteiger partial charge in [-0.15, -0.1) is 0 Å². The van der Waals surface area contributed by atoms with Crippen molar-refractivity contribution in [1.82, 2.24) is 19.9 Å². The molecule has 0 amide bonds. The number of piperazine rings is 1. The number of aromatic nitrogens is 3. The third-order valence-corrected chi connectivity index (χ3v) is 7.55. The molecule has 6 heteroatoms. The molecule has 0 N–H and O–H groups in total. The second-order valence-corrected chi connectivity index (χ2v) is 9.62. The van der Waals surface area contributed by atoms with Gasteiger partial charge in [0.25, 0.3) is 0 Å². The smallest absolute Gasteiger partial charge is 0.186 e. The van der Waals surface area contributed by atoms with E-state index in [2.05, 4.69) is 53.0 Å². The summed E-state index contributed by atoms with van der Waals surface area (Å²) in [6.07, 6.45) is 8.84. The zero-order chi connectivity index (χ0) is 20.5. The molecule has 0 spiro atoms. The maximum Gasteiger partial charge on any atom is 0.186 e. The van der Waals surface area contributed by atoms with Crippen molar-refractivity contribution in [3.63, 3.8) is 0 Å². The lowest BCUT2D eigenvalue weighted by atomic mass is 9.96. The van der Waals surface area contributed by atoms with Crippen LogP contribution in [0.25, 0.3) is 21.8 Å². The Morgan fingerprint density at radius 2 is 1.83 bits per heavy atom. The molecule has 0 atom stereocenters. The van der Waals surface area contributed by atoms with E-state index >= 15 is 0 Å². The fraction of sp³-hybridized carbons (Fsp3) is 0.458. The van der Waals surface area contributed by atoms with Crippen LogP contribution in [-0.4, -0.2) is 53.1 Å². The minimum atomic E-state index is 0.570. The van der Waals surface area contributed by atoms with E-state index in [-0.39, 0.29) is 0 Å². The molecular weight excluding hydrogens is 390 g/mol. The number of anilines is 1. The number of benzene rings is 1. The summed E-state index contributed by atoms with van der Waals surface area (Å²) in [4.78, 5) is 20.4. The van der Waals surface area contributed by atoms with Gasteiger partial charge in [0.15, 0.2) is 5.13 Å². The van der Waals surface area contributed by atoms with Crippen LogP contribution in [0.15, 0.2) is 36.8 Å². The highest BCUT2D eigenvalue weighted by atomic mass is 32.1. The van der Waals surface area contributed by atoms with Crippen molar-refractivity contribution < 1.29 is 0 Å². The Morgan fingerprint density at radius 1 is 1.03 bits per heavy atom. The lowest BCUT2D eigenvalue weighted by molar-refractivity contribution is 0.313. The molecular formula is C24H29N5S. The van der Waals surface area contributed by atoms with Gasteiger partial charge >= 0.3 is 0 Å². The summed E-state index contributed by atoms with van der Waals surface area (Å²) in [5.41, 5.74) is 5.89. The number of aryl methyl sites for hydroxylation is 1. The molecule has 0 bridgehead atoms. The van der Waals surface area contributed by atoms with Crippen LogP contribution in [0.4, 0.5) is 5.13 Å². The molecule has 2 aliphatic rings. The summed E-state index contributed by atoms with van der Waals surface area (Å²) in [6.45, 7) is 6.35. The van der Waals surface area contributed by atoms with Gasteiger partial charge in [0.1, 0.15) is 6.33 Å². The number of hydrogen-bond donors (Lipinski definition) is 0. The standard InChI is InChI=1S/C24H29N5S/c1-17-6-5-9-19(14-17)21-23(30-24(27-21)29-12-10-28(2)11-13-29)22-20(15-25-16-26-22)18-7-3-4-8-18/h5-6,9,14-16,18H,3-4,7-8,10-13H2,1-2H3. The van der Waals surface area contributed by atoms with Gasteiger partial charge < -0.3 is 9.80 Å². The van der Waals surface area contributed by atoms with Crippen molar-refractivity contribution in [3.8, 4) is 21.8 Å². The Kier molecular flexibility index (Phi) is 5.52. The fourth-order valence-corrected chi connectivity index (χ4v) is 5.81. The highest BCUT2D eigenvalue weighted by molar-refractivity contribution is 7.19. The number of thiazole rings is 1. The zero-order valence-electron chi connectivity index (χ0n) is 17.8. The van der Waals surface area contributed by atoms with E-state index in [0.717, 1.165) is 42.7 Å². The molecule has 0 radical (unpaired) electrons. The highest BCUT2D eigenvalue weighted by Gasteiger charge is 2.27. The molecule has 1 aliphatic heterocycles. The SMILES string of the molecule is Cc1cccc(-c2nc(N3CCN(C)CC3)sc2-c2ncncc2C2CCCC2)c1. The van der Waals surface area contributed by atoms with Gasteiger partial charge in [-0.3, -0.25) is 0 Å². The molecule has 0 unspecified atom stereocenters. The van der Waals surface area contributed by atoms with Crippen molar-refractivity contribution in [2.75, 3.05) is 38.1 Å². The summed E-state index contributed by atoms with van der Waals surface area (Å²) >= 11 is 1.80.